The van der Waals surface area contributed by atoms with Crippen molar-refractivity contribution in [1.82, 2.24) is 9.80 Å². The van der Waals surface area contributed by atoms with Gasteiger partial charge in [0.05, 0.1) is 13.2 Å². The standard InChI is InChI=1S/C17H26N2O3/c1-12-5-6-15(22-4)7-13(12)9-19-10-14(16(20)11-19)8-17(21)18(2)3/h5-7,14,16,20H,8-11H2,1-4H3/t14-,16-/m1/s1. The van der Waals surface area contributed by atoms with Gasteiger partial charge in [-0.2, -0.15) is 0 Å². The zero-order valence-corrected chi connectivity index (χ0v) is 13.9. The van der Waals surface area contributed by atoms with Crippen LogP contribution >= 0.6 is 0 Å². The lowest BCUT2D eigenvalue weighted by Gasteiger charge is -2.18. The number of aliphatic hydroxyl groups excluding tert-OH is 1. The van der Waals surface area contributed by atoms with E-state index in [1.54, 1.807) is 26.1 Å². The number of methoxy groups -OCH3 is 1. The first kappa shape index (κ1) is 16.8. The number of benzene rings is 1. The van der Waals surface area contributed by atoms with Crippen LogP contribution in [0.2, 0.25) is 0 Å². The number of hydrogen-bond acceptors (Lipinski definition) is 4. The molecule has 0 aliphatic carbocycles. The van der Waals surface area contributed by atoms with Gasteiger partial charge in [-0.3, -0.25) is 9.69 Å². The Morgan fingerprint density at radius 2 is 2.14 bits per heavy atom. The Kier molecular flexibility index (Phi) is 5.42. The molecule has 1 fully saturated rings. The largest absolute Gasteiger partial charge is 0.497 e. The van der Waals surface area contributed by atoms with Crippen LogP contribution in [0.1, 0.15) is 17.5 Å². The minimum atomic E-state index is -0.435. The quantitative estimate of drug-likeness (QED) is 0.890. The van der Waals surface area contributed by atoms with E-state index in [9.17, 15) is 9.90 Å². The number of aryl methyl sites for hydroxylation is 1. The Labute approximate surface area is 132 Å². The SMILES string of the molecule is COc1ccc(C)c(CN2C[C@@H](CC(=O)N(C)C)[C@H](O)C2)c1. The second-order valence-electron chi connectivity index (χ2n) is 6.31. The van der Waals surface area contributed by atoms with Crippen LogP contribution in [0, 0.1) is 12.8 Å². The van der Waals surface area contributed by atoms with E-state index in [1.807, 2.05) is 18.2 Å². The zero-order chi connectivity index (χ0) is 16.3. The maximum Gasteiger partial charge on any atom is 0.222 e. The number of aliphatic hydroxyl groups is 1. The van der Waals surface area contributed by atoms with E-state index in [1.165, 1.54) is 11.1 Å². The Hall–Kier alpha value is -1.59. The highest BCUT2D eigenvalue weighted by Gasteiger charge is 2.33. The van der Waals surface area contributed by atoms with Gasteiger partial charge in [-0.1, -0.05) is 6.07 Å². The molecular formula is C17H26N2O3. The van der Waals surface area contributed by atoms with Crippen molar-refractivity contribution in [3.05, 3.63) is 29.3 Å². The summed E-state index contributed by atoms with van der Waals surface area (Å²) in [7, 11) is 5.17. The maximum absolute atomic E-state index is 11.8. The molecule has 1 saturated heterocycles. The van der Waals surface area contributed by atoms with Crippen molar-refractivity contribution in [2.75, 3.05) is 34.3 Å². The molecule has 2 atom stereocenters. The molecule has 0 spiro atoms. The van der Waals surface area contributed by atoms with E-state index in [2.05, 4.69) is 11.8 Å². The fourth-order valence-corrected chi connectivity index (χ4v) is 2.86. The summed E-state index contributed by atoms with van der Waals surface area (Å²) in [5, 5.41) is 10.2. The summed E-state index contributed by atoms with van der Waals surface area (Å²) in [5.41, 5.74) is 2.41. The van der Waals surface area contributed by atoms with Crippen LogP contribution in [0.5, 0.6) is 5.75 Å². The monoisotopic (exact) mass is 306 g/mol. The van der Waals surface area contributed by atoms with Crippen LogP contribution < -0.4 is 4.74 Å². The lowest BCUT2D eigenvalue weighted by molar-refractivity contribution is -0.130. The van der Waals surface area contributed by atoms with Crippen molar-refractivity contribution < 1.29 is 14.6 Å². The van der Waals surface area contributed by atoms with Gasteiger partial charge < -0.3 is 14.7 Å². The predicted octanol–water partition coefficient (Wildman–Crippen LogP) is 1.27. The predicted molar refractivity (Wildman–Crippen MR) is 85.8 cm³/mol. The minimum Gasteiger partial charge on any atom is -0.497 e. The first-order valence-electron chi connectivity index (χ1n) is 7.64. The number of hydrogen-bond donors (Lipinski definition) is 1. The normalized spacial score (nSPS) is 21.9. The van der Waals surface area contributed by atoms with Crippen molar-refractivity contribution in [3.8, 4) is 5.75 Å². The second kappa shape index (κ2) is 7.11. The maximum atomic E-state index is 11.8. The molecule has 1 amide bonds. The summed E-state index contributed by atoms with van der Waals surface area (Å²) in [5.74, 6) is 0.934. The van der Waals surface area contributed by atoms with Crippen molar-refractivity contribution in [2.24, 2.45) is 5.92 Å². The molecule has 0 aromatic heterocycles. The van der Waals surface area contributed by atoms with Gasteiger partial charge in [0.2, 0.25) is 5.91 Å². The highest BCUT2D eigenvalue weighted by Crippen LogP contribution is 2.25. The Bertz CT molecular complexity index is 531. The van der Waals surface area contributed by atoms with Crippen molar-refractivity contribution in [1.29, 1.82) is 0 Å². The van der Waals surface area contributed by atoms with Gasteiger partial charge in [-0.25, -0.2) is 0 Å². The average molecular weight is 306 g/mol. The number of rotatable bonds is 5. The molecule has 0 unspecified atom stereocenters. The van der Waals surface area contributed by atoms with Gasteiger partial charge in [-0.05, 0) is 30.2 Å². The molecule has 0 saturated carbocycles. The smallest absolute Gasteiger partial charge is 0.222 e. The fraction of sp³-hybridized carbons (Fsp3) is 0.588. The molecule has 5 nitrogen and oxygen atoms in total. The zero-order valence-electron chi connectivity index (χ0n) is 13.9. The highest BCUT2D eigenvalue weighted by atomic mass is 16.5. The van der Waals surface area contributed by atoms with Crippen molar-refractivity contribution in [3.63, 3.8) is 0 Å². The van der Waals surface area contributed by atoms with Crippen LogP contribution in [-0.4, -0.2) is 61.2 Å². The molecule has 5 heteroatoms. The van der Waals surface area contributed by atoms with Crippen LogP contribution in [0.15, 0.2) is 18.2 Å². The molecule has 0 radical (unpaired) electrons. The lowest BCUT2D eigenvalue weighted by Crippen LogP contribution is -2.28. The molecule has 1 aliphatic heterocycles. The van der Waals surface area contributed by atoms with E-state index in [4.69, 9.17) is 4.74 Å². The number of amides is 1. The summed E-state index contributed by atoms with van der Waals surface area (Å²) < 4.78 is 5.28. The molecular weight excluding hydrogens is 280 g/mol. The molecule has 1 aliphatic rings. The average Bonchev–Trinajstić information content (AvgIpc) is 2.81. The molecule has 2 rings (SSSR count). The van der Waals surface area contributed by atoms with Crippen LogP contribution in [0.25, 0.3) is 0 Å². The van der Waals surface area contributed by atoms with Gasteiger partial charge in [0.25, 0.3) is 0 Å². The van der Waals surface area contributed by atoms with Gasteiger partial charge in [0.1, 0.15) is 5.75 Å². The molecule has 122 valence electrons. The number of carbonyl (C=O) groups excluding carboxylic acids is 1. The van der Waals surface area contributed by atoms with Gasteiger partial charge in [0, 0.05) is 46.1 Å². The van der Waals surface area contributed by atoms with Gasteiger partial charge in [0.15, 0.2) is 0 Å². The van der Waals surface area contributed by atoms with Crippen molar-refractivity contribution >= 4 is 5.91 Å². The number of likely N-dealkylation sites (tertiary alicyclic amines) is 1. The summed E-state index contributed by atoms with van der Waals surface area (Å²) in [6.07, 6.45) is -0.0308. The van der Waals surface area contributed by atoms with E-state index in [-0.39, 0.29) is 11.8 Å². The summed E-state index contributed by atoms with van der Waals surface area (Å²) in [6, 6.07) is 6.05. The Balaban J connectivity index is 1.99. The number of carbonyl (C=O) groups is 1. The summed E-state index contributed by atoms with van der Waals surface area (Å²) in [4.78, 5) is 15.6. The first-order chi connectivity index (χ1) is 10.4. The molecule has 22 heavy (non-hydrogen) atoms. The molecule has 1 N–H and O–H groups in total. The molecule has 1 aromatic carbocycles. The number of nitrogens with zero attached hydrogens (tertiary/aromatic N) is 2. The van der Waals surface area contributed by atoms with Crippen LogP contribution in [-0.2, 0) is 11.3 Å². The van der Waals surface area contributed by atoms with Gasteiger partial charge >= 0.3 is 0 Å². The third-order valence-corrected chi connectivity index (χ3v) is 4.37. The Morgan fingerprint density at radius 3 is 2.77 bits per heavy atom. The fourth-order valence-electron chi connectivity index (χ4n) is 2.86. The molecule has 1 aromatic rings. The Morgan fingerprint density at radius 1 is 1.41 bits per heavy atom. The van der Waals surface area contributed by atoms with E-state index in [0.717, 1.165) is 18.8 Å². The van der Waals surface area contributed by atoms with E-state index < -0.39 is 6.10 Å². The summed E-state index contributed by atoms with van der Waals surface area (Å²) in [6.45, 7) is 4.21. The van der Waals surface area contributed by atoms with Crippen molar-refractivity contribution in [2.45, 2.75) is 26.0 Å². The highest BCUT2D eigenvalue weighted by molar-refractivity contribution is 5.75. The van der Waals surface area contributed by atoms with E-state index >= 15 is 0 Å². The van der Waals surface area contributed by atoms with Crippen LogP contribution in [0.4, 0.5) is 0 Å². The summed E-state index contributed by atoms with van der Waals surface area (Å²) >= 11 is 0. The van der Waals surface area contributed by atoms with Gasteiger partial charge in [-0.15, -0.1) is 0 Å². The first-order valence-corrected chi connectivity index (χ1v) is 7.64. The number of ether oxygens (including phenoxy) is 1. The molecule has 1 heterocycles. The lowest BCUT2D eigenvalue weighted by atomic mass is 10.0. The third-order valence-electron chi connectivity index (χ3n) is 4.37. The number of β-amino-alcohol motifs (C(OH)–C–C–N with tert-alkyl or cyclic N) is 1. The van der Waals surface area contributed by atoms with E-state index in [0.29, 0.717) is 13.0 Å². The minimum absolute atomic E-state index is 0.0146. The topological polar surface area (TPSA) is 53.0 Å². The molecule has 0 bridgehead atoms. The third kappa shape index (κ3) is 3.99. The van der Waals surface area contributed by atoms with Crippen LogP contribution in [0.3, 0.4) is 0 Å². The second-order valence-corrected chi connectivity index (χ2v) is 6.31.